The van der Waals surface area contributed by atoms with Gasteiger partial charge in [-0.3, -0.25) is 4.79 Å². The van der Waals surface area contributed by atoms with Crippen molar-refractivity contribution in [2.45, 2.75) is 13.8 Å². The number of ketones is 1. The zero-order chi connectivity index (χ0) is 10.1. The lowest BCUT2D eigenvalue weighted by molar-refractivity contribution is 0.0972. The molecule has 0 unspecified atom stereocenters. The lowest BCUT2D eigenvalue weighted by Gasteiger charge is -1.87. The zero-order valence-corrected chi connectivity index (χ0v) is 7.77. The molecule has 0 atom stereocenters. The number of furan rings is 1. The summed E-state index contributed by atoms with van der Waals surface area (Å²) in [5.74, 6) is 0.841. The molecule has 0 saturated carbocycles. The van der Waals surface area contributed by atoms with Gasteiger partial charge in [0.2, 0.25) is 11.6 Å². The summed E-state index contributed by atoms with van der Waals surface area (Å²) in [4.78, 5) is 14.8. The monoisotopic (exact) mass is 192 g/mol. The van der Waals surface area contributed by atoms with Crippen molar-refractivity contribution >= 4 is 5.78 Å². The fourth-order valence-electron chi connectivity index (χ4n) is 1.09. The maximum atomic E-state index is 10.9. The normalized spacial score (nSPS) is 10.4. The van der Waals surface area contributed by atoms with Crippen LogP contribution in [0.2, 0.25) is 0 Å². The molecule has 0 radical (unpaired) electrons. The van der Waals surface area contributed by atoms with E-state index in [1.807, 2.05) is 0 Å². The number of carbonyl (C=O) groups excluding carboxylic acids is 1. The Bertz CT molecular complexity index is 470. The fraction of sp³-hybridized carbons (Fsp3) is 0.222. The highest BCUT2D eigenvalue weighted by Gasteiger charge is 2.14. The molecule has 0 aliphatic carbocycles. The van der Waals surface area contributed by atoms with E-state index >= 15 is 0 Å². The van der Waals surface area contributed by atoms with Gasteiger partial charge in [0.1, 0.15) is 5.76 Å². The largest absolute Gasteiger partial charge is 0.469 e. The van der Waals surface area contributed by atoms with E-state index in [9.17, 15) is 4.79 Å². The molecule has 0 aliphatic rings. The Hall–Kier alpha value is -1.91. The molecule has 2 aromatic rings. The molecule has 2 heterocycles. The fourth-order valence-corrected chi connectivity index (χ4v) is 1.09. The van der Waals surface area contributed by atoms with E-state index in [0.717, 1.165) is 5.56 Å². The van der Waals surface area contributed by atoms with Crippen molar-refractivity contribution in [2.75, 3.05) is 0 Å². The molecule has 72 valence electrons. The molecular formula is C9H8N2O3. The smallest absolute Gasteiger partial charge is 0.294 e. The third kappa shape index (κ3) is 1.32. The van der Waals surface area contributed by atoms with Gasteiger partial charge in [-0.25, -0.2) is 0 Å². The quantitative estimate of drug-likeness (QED) is 0.679. The number of rotatable bonds is 2. The van der Waals surface area contributed by atoms with Gasteiger partial charge in [-0.05, 0) is 13.0 Å². The van der Waals surface area contributed by atoms with Gasteiger partial charge in [-0.2, -0.15) is 4.98 Å². The highest BCUT2D eigenvalue weighted by atomic mass is 16.5. The Morgan fingerprint density at radius 3 is 2.79 bits per heavy atom. The SMILES string of the molecule is CC(=O)c1nc(-c2ccoc2C)no1. The van der Waals surface area contributed by atoms with Crippen LogP contribution in [-0.4, -0.2) is 15.9 Å². The summed E-state index contributed by atoms with van der Waals surface area (Å²) in [6, 6.07) is 1.73. The van der Waals surface area contributed by atoms with Crippen LogP contribution in [0, 0.1) is 6.92 Å². The molecule has 0 bridgehead atoms. The third-order valence-electron chi connectivity index (χ3n) is 1.83. The van der Waals surface area contributed by atoms with Gasteiger partial charge < -0.3 is 8.94 Å². The number of hydrogen-bond acceptors (Lipinski definition) is 5. The summed E-state index contributed by atoms with van der Waals surface area (Å²) in [6.45, 7) is 3.17. The summed E-state index contributed by atoms with van der Waals surface area (Å²) in [7, 11) is 0. The van der Waals surface area contributed by atoms with Gasteiger partial charge in [-0.15, -0.1) is 0 Å². The highest BCUT2D eigenvalue weighted by molar-refractivity contribution is 5.89. The first-order chi connectivity index (χ1) is 6.68. The van der Waals surface area contributed by atoms with Gasteiger partial charge in [0, 0.05) is 6.92 Å². The van der Waals surface area contributed by atoms with Crippen molar-refractivity contribution in [3.8, 4) is 11.4 Å². The average Bonchev–Trinajstić information content (AvgIpc) is 2.71. The minimum absolute atomic E-state index is 0.0144. The van der Waals surface area contributed by atoms with Crippen LogP contribution in [0.1, 0.15) is 23.4 Å². The average molecular weight is 192 g/mol. The predicted molar refractivity (Wildman–Crippen MR) is 46.7 cm³/mol. The predicted octanol–water partition coefficient (Wildman–Crippen LogP) is 1.84. The molecule has 0 amide bonds. The van der Waals surface area contributed by atoms with Crippen molar-refractivity contribution in [1.29, 1.82) is 0 Å². The molecule has 2 rings (SSSR count). The molecule has 0 fully saturated rings. The maximum absolute atomic E-state index is 10.9. The van der Waals surface area contributed by atoms with Crippen LogP contribution >= 0.6 is 0 Å². The second kappa shape index (κ2) is 3.10. The van der Waals surface area contributed by atoms with Gasteiger partial charge in [0.05, 0.1) is 11.8 Å². The summed E-state index contributed by atoms with van der Waals surface area (Å²) >= 11 is 0. The number of nitrogens with zero attached hydrogens (tertiary/aromatic N) is 2. The second-order valence-electron chi connectivity index (χ2n) is 2.87. The topological polar surface area (TPSA) is 69.1 Å². The van der Waals surface area contributed by atoms with E-state index in [2.05, 4.69) is 10.1 Å². The van der Waals surface area contributed by atoms with Crippen LogP contribution < -0.4 is 0 Å². The Labute approximate surface area is 79.7 Å². The summed E-state index contributed by atoms with van der Waals surface area (Å²) < 4.78 is 9.83. The molecule has 0 aliphatic heterocycles. The molecule has 0 saturated heterocycles. The standard InChI is InChI=1S/C9H8N2O3/c1-5(12)9-10-8(11-14-9)7-3-4-13-6(7)2/h3-4H,1-2H3. The zero-order valence-electron chi connectivity index (χ0n) is 7.77. The summed E-state index contributed by atoms with van der Waals surface area (Å²) in [5.41, 5.74) is 0.737. The van der Waals surface area contributed by atoms with Gasteiger partial charge in [-0.1, -0.05) is 5.16 Å². The van der Waals surface area contributed by atoms with Crippen LogP contribution in [-0.2, 0) is 0 Å². The second-order valence-corrected chi connectivity index (χ2v) is 2.87. The van der Waals surface area contributed by atoms with Crippen molar-refractivity contribution in [2.24, 2.45) is 0 Å². The van der Waals surface area contributed by atoms with E-state index in [0.29, 0.717) is 11.6 Å². The molecule has 14 heavy (non-hydrogen) atoms. The first kappa shape index (κ1) is 8.68. The lowest BCUT2D eigenvalue weighted by atomic mass is 10.2. The molecule has 0 N–H and O–H groups in total. The molecule has 5 heteroatoms. The van der Waals surface area contributed by atoms with Crippen LogP contribution in [0.25, 0.3) is 11.4 Å². The Morgan fingerprint density at radius 1 is 1.50 bits per heavy atom. The highest BCUT2D eigenvalue weighted by Crippen LogP contribution is 2.20. The van der Waals surface area contributed by atoms with Crippen LogP contribution in [0.15, 0.2) is 21.3 Å². The third-order valence-corrected chi connectivity index (χ3v) is 1.83. The Kier molecular flexibility index (Phi) is 1.92. The van der Waals surface area contributed by atoms with Crippen LogP contribution in [0.5, 0.6) is 0 Å². The number of Topliss-reactive ketones (excluding diaryl/α,β-unsaturated/α-hetero) is 1. The van der Waals surface area contributed by atoms with Gasteiger partial charge >= 0.3 is 0 Å². The van der Waals surface area contributed by atoms with Crippen molar-refractivity contribution < 1.29 is 13.7 Å². The number of aryl methyl sites for hydroxylation is 1. The Balaban J connectivity index is 2.43. The number of hydrogen-bond donors (Lipinski definition) is 0. The number of aromatic nitrogens is 2. The molecule has 0 spiro atoms. The molecule has 0 aromatic carbocycles. The van der Waals surface area contributed by atoms with Gasteiger partial charge in [0.15, 0.2) is 0 Å². The van der Waals surface area contributed by atoms with Crippen LogP contribution in [0.4, 0.5) is 0 Å². The van der Waals surface area contributed by atoms with E-state index in [1.54, 1.807) is 13.0 Å². The molecular weight excluding hydrogens is 184 g/mol. The number of carbonyl (C=O) groups is 1. The maximum Gasteiger partial charge on any atom is 0.294 e. The van der Waals surface area contributed by atoms with E-state index < -0.39 is 0 Å². The van der Waals surface area contributed by atoms with E-state index in [-0.39, 0.29) is 11.7 Å². The lowest BCUT2D eigenvalue weighted by Crippen LogP contribution is -1.91. The van der Waals surface area contributed by atoms with Crippen molar-refractivity contribution in [3.05, 3.63) is 24.0 Å². The van der Waals surface area contributed by atoms with E-state index in [4.69, 9.17) is 8.94 Å². The minimum atomic E-state index is -0.245. The molecule has 2 aromatic heterocycles. The summed E-state index contributed by atoms with van der Waals surface area (Å²) in [6.07, 6.45) is 1.54. The van der Waals surface area contributed by atoms with E-state index in [1.165, 1.54) is 13.2 Å². The van der Waals surface area contributed by atoms with Crippen molar-refractivity contribution in [1.82, 2.24) is 10.1 Å². The Morgan fingerprint density at radius 2 is 2.29 bits per heavy atom. The van der Waals surface area contributed by atoms with Crippen LogP contribution in [0.3, 0.4) is 0 Å². The first-order valence-corrected chi connectivity index (χ1v) is 4.07. The van der Waals surface area contributed by atoms with Crippen molar-refractivity contribution in [3.63, 3.8) is 0 Å². The summed E-state index contributed by atoms with van der Waals surface area (Å²) in [5, 5.41) is 3.67. The minimum Gasteiger partial charge on any atom is -0.469 e. The first-order valence-electron chi connectivity index (χ1n) is 4.07. The molecule has 5 nitrogen and oxygen atoms in total. The van der Waals surface area contributed by atoms with Gasteiger partial charge in [0.25, 0.3) is 5.89 Å².